The second-order valence-corrected chi connectivity index (χ2v) is 17.2. The summed E-state index contributed by atoms with van der Waals surface area (Å²) in [4.78, 5) is 0. The molecule has 0 amide bonds. The van der Waals surface area contributed by atoms with Gasteiger partial charge in [-0.3, -0.25) is 0 Å². The lowest BCUT2D eigenvalue weighted by atomic mass is 10.5. The van der Waals surface area contributed by atoms with Crippen molar-refractivity contribution in [2.24, 2.45) is 0 Å². The van der Waals surface area contributed by atoms with Crippen LogP contribution in [0.15, 0.2) is 0 Å². The quantitative estimate of drug-likeness (QED) is 0.496. The van der Waals surface area contributed by atoms with Crippen molar-refractivity contribution in [1.82, 2.24) is 0 Å². The fourth-order valence-electron chi connectivity index (χ4n) is 2.77. The third-order valence-electron chi connectivity index (χ3n) is 3.13. The molecule has 0 aliphatic rings. The molecule has 0 rings (SSSR count). The summed E-state index contributed by atoms with van der Waals surface area (Å²) in [5.41, 5.74) is 1.88. The molecule has 0 aliphatic heterocycles. The van der Waals surface area contributed by atoms with Gasteiger partial charge < -0.3 is 4.12 Å². The second-order valence-electron chi connectivity index (χ2n) is 5.78. The van der Waals surface area contributed by atoms with Gasteiger partial charge in [-0.15, -0.1) is 11.1 Å². The first-order valence-corrected chi connectivity index (χ1v) is 12.0. The van der Waals surface area contributed by atoms with Crippen LogP contribution in [0.4, 0.5) is 0 Å². The number of hydrogen-bond acceptors (Lipinski definition) is 1. The lowest BCUT2D eigenvalue weighted by molar-refractivity contribution is 0.488. The second kappa shape index (κ2) is 5.34. The van der Waals surface area contributed by atoms with E-state index in [1.54, 1.807) is 0 Å². The van der Waals surface area contributed by atoms with Gasteiger partial charge in [0.05, 0.1) is 0 Å². The lowest BCUT2D eigenvalue weighted by Crippen LogP contribution is -2.53. The first-order valence-electron chi connectivity index (χ1n) is 5.93. The number of rotatable bonds is 5. The van der Waals surface area contributed by atoms with Crippen LogP contribution in [0.3, 0.4) is 0 Å². The van der Waals surface area contributed by atoms with Crippen LogP contribution in [0, 0.1) is 0 Å². The van der Waals surface area contributed by atoms with E-state index in [0.29, 0.717) is 16.6 Å². The summed E-state index contributed by atoms with van der Waals surface area (Å²) in [7, 11) is -3.68. The molecule has 0 aromatic rings. The Morgan fingerprint density at radius 1 is 0.800 bits per heavy atom. The molecule has 0 radical (unpaired) electrons. The minimum absolute atomic E-state index is 0.628. The van der Waals surface area contributed by atoms with E-state index in [1.165, 1.54) is 0 Å². The highest BCUT2D eigenvalue weighted by atomic mass is 35.6. The van der Waals surface area contributed by atoms with Crippen LogP contribution in [0.5, 0.6) is 0 Å². The van der Waals surface area contributed by atoms with Gasteiger partial charge in [-0.05, 0) is 29.7 Å². The highest BCUT2D eigenvalue weighted by Crippen LogP contribution is 2.44. The molecule has 92 valence electrons. The Hall–Kier alpha value is 0.684. The Balaban J connectivity index is 5.15. The van der Waals surface area contributed by atoms with Gasteiger partial charge in [0, 0.05) is 0 Å². The van der Waals surface area contributed by atoms with E-state index < -0.39 is 15.9 Å². The zero-order chi connectivity index (χ0) is 12.4. The van der Waals surface area contributed by atoms with E-state index >= 15 is 0 Å². The van der Waals surface area contributed by atoms with Gasteiger partial charge in [-0.2, -0.15) is 0 Å². The van der Waals surface area contributed by atoms with Crippen molar-refractivity contribution in [3.05, 3.63) is 0 Å². The highest BCUT2D eigenvalue weighted by Gasteiger charge is 2.48. The molecule has 0 aliphatic carbocycles. The van der Waals surface area contributed by atoms with Crippen molar-refractivity contribution >= 4 is 27.0 Å². The van der Waals surface area contributed by atoms with Gasteiger partial charge in [-0.25, -0.2) is 0 Å². The van der Waals surface area contributed by atoms with Crippen molar-refractivity contribution in [3.63, 3.8) is 0 Å². The molecule has 0 N–H and O–H groups in total. The average molecular weight is 267 g/mol. The number of halogens is 1. The molecule has 0 spiro atoms. The Bertz CT molecular complexity index is 175. The minimum Gasteiger partial charge on any atom is -0.444 e. The van der Waals surface area contributed by atoms with Crippen LogP contribution < -0.4 is 0 Å². The third kappa shape index (κ3) is 3.88. The molecule has 0 aromatic carbocycles. The van der Waals surface area contributed by atoms with Crippen LogP contribution in [-0.4, -0.2) is 15.9 Å². The molecule has 15 heavy (non-hydrogen) atoms. The maximum atomic E-state index is 6.45. The van der Waals surface area contributed by atoms with Crippen LogP contribution in [0.25, 0.3) is 0 Å². The van der Waals surface area contributed by atoms with Crippen molar-refractivity contribution in [2.75, 3.05) is 0 Å². The topological polar surface area (TPSA) is 9.23 Å². The van der Waals surface area contributed by atoms with E-state index in [4.69, 9.17) is 15.2 Å². The predicted molar refractivity (Wildman–Crippen MR) is 75.5 cm³/mol. The molecule has 0 atom stereocenters. The molecule has 0 bridgehead atoms. The zero-order valence-electron chi connectivity index (χ0n) is 11.5. The van der Waals surface area contributed by atoms with Gasteiger partial charge in [0.25, 0.3) is 7.63 Å². The molecule has 0 fully saturated rings. The first kappa shape index (κ1) is 15.7. The van der Waals surface area contributed by atoms with Gasteiger partial charge in [0.15, 0.2) is 8.32 Å². The van der Waals surface area contributed by atoms with Crippen LogP contribution in [0.1, 0.15) is 41.5 Å². The van der Waals surface area contributed by atoms with E-state index in [1.807, 2.05) is 0 Å². The molecular formula is C11H27ClOSi2. The summed E-state index contributed by atoms with van der Waals surface area (Å²) in [6, 6.07) is 0. The Morgan fingerprint density at radius 3 is 1.13 bits per heavy atom. The summed E-state index contributed by atoms with van der Waals surface area (Å²) < 4.78 is 6.45. The Kier molecular flexibility index (Phi) is 5.59. The molecular weight excluding hydrogens is 240 g/mol. The van der Waals surface area contributed by atoms with Gasteiger partial charge in [0.1, 0.15) is 0 Å². The summed E-state index contributed by atoms with van der Waals surface area (Å²) in [5, 5.41) is 0. The van der Waals surface area contributed by atoms with E-state index in [9.17, 15) is 0 Å². The molecule has 4 heteroatoms. The van der Waals surface area contributed by atoms with Crippen LogP contribution in [0.2, 0.25) is 29.7 Å². The smallest absolute Gasteiger partial charge is 0.274 e. The van der Waals surface area contributed by atoms with Gasteiger partial charge >= 0.3 is 0 Å². The zero-order valence-corrected chi connectivity index (χ0v) is 14.3. The summed E-state index contributed by atoms with van der Waals surface area (Å²) >= 11 is 6.40. The highest BCUT2D eigenvalue weighted by molar-refractivity contribution is 7.18. The van der Waals surface area contributed by atoms with Crippen molar-refractivity contribution < 1.29 is 4.12 Å². The average Bonchev–Trinajstić information content (AvgIpc) is 1.96. The number of hydrogen-bond donors (Lipinski definition) is 0. The normalized spacial score (nSPS) is 14.4. The van der Waals surface area contributed by atoms with E-state index in [2.05, 4.69) is 54.6 Å². The van der Waals surface area contributed by atoms with E-state index in [0.717, 1.165) is 0 Å². The molecule has 0 aromatic heterocycles. The fourth-order valence-corrected chi connectivity index (χ4v) is 14.2. The standard InChI is InChI=1S/C11H27ClOSi2/c1-9(2)15(10(3)4,11(5)6)13-14(7,8)12/h9-11H,1-8H3. The van der Waals surface area contributed by atoms with Crippen molar-refractivity contribution in [1.29, 1.82) is 0 Å². The summed E-state index contributed by atoms with van der Waals surface area (Å²) in [6.45, 7) is 17.9. The fraction of sp³-hybridized carbons (Fsp3) is 1.00. The Labute approximate surface area is 103 Å². The third-order valence-corrected chi connectivity index (χ3v) is 12.6. The van der Waals surface area contributed by atoms with Crippen LogP contribution >= 0.6 is 11.1 Å². The monoisotopic (exact) mass is 266 g/mol. The van der Waals surface area contributed by atoms with Gasteiger partial charge in [-0.1, -0.05) is 41.5 Å². The largest absolute Gasteiger partial charge is 0.444 e. The van der Waals surface area contributed by atoms with Crippen molar-refractivity contribution in [2.45, 2.75) is 71.3 Å². The first-order chi connectivity index (χ1) is 6.54. The van der Waals surface area contributed by atoms with Crippen molar-refractivity contribution in [3.8, 4) is 0 Å². The summed E-state index contributed by atoms with van der Waals surface area (Å²) in [6.07, 6.45) is 0. The minimum atomic E-state index is -1.95. The summed E-state index contributed by atoms with van der Waals surface area (Å²) in [5.74, 6) is 0. The molecule has 0 heterocycles. The molecule has 0 unspecified atom stereocenters. The Morgan fingerprint density at radius 2 is 1.07 bits per heavy atom. The predicted octanol–water partition coefficient (Wildman–Crippen LogP) is 5.12. The molecule has 0 saturated heterocycles. The molecule has 1 nitrogen and oxygen atoms in total. The SMILES string of the molecule is CC(C)[Si](O[Si](C)(C)Cl)(C(C)C)C(C)C. The maximum absolute atomic E-state index is 6.45. The van der Waals surface area contributed by atoms with Crippen LogP contribution in [-0.2, 0) is 4.12 Å². The molecule has 0 saturated carbocycles. The van der Waals surface area contributed by atoms with E-state index in [-0.39, 0.29) is 0 Å². The maximum Gasteiger partial charge on any atom is 0.274 e. The van der Waals surface area contributed by atoms with Gasteiger partial charge in [0.2, 0.25) is 0 Å². The lowest BCUT2D eigenvalue weighted by Gasteiger charge is -2.45.